The molecule has 3 aromatic rings. The monoisotopic (exact) mass is 418 g/mol. The number of urea groups is 1. The number of aryl methyl sites for hydroxylation is 1. The van der Waals surface area contributed by atoms with Crippen molar-refractivity contribution in [3.8, 4) is 0 Å². The summed E-state index contributed by atoms with van der Waals surface area (Å²) in [5.74, 6) is -0.366. The van der Waals surface area contributed by atoms with Crippen LogP contribution in [0.5, 0.6) is 0 Å². The zero-order valence-electron chi connectivity index (χ0n) is 16.9. The lowest BCUT2D eigenvalue weighted by molar-refractivity contribution is -0.384. The quantitative estimate of drug-likeness (QED) is 0.350. The van der Waals surface area contributed by atoms with Crippen molar-refractivity contribution in [3.63, 3.8) is 0 Å². The molecule has 0 radical (unpaired) electrons. The van der Waals surface area contributed by atoms with Crippen molar-refractivity contribution < 1.29 is 14.5 Å². The normalized spacial score (nSPS) is 10.2. The fourth-order valence-corrected chi connectivity index (χ4v) is 3.01. The molecule has 0 atom stereocenters. The maximum absolute atomic E-state index is 12.7. The Hall–Kier alpha value is -4.20. The summed E-state index contributed by atoms with van der Waals surface area (Å²) < 4.78 is 0. The third-order valence-electron chi connectivity index (χ3n) is 4.49. The fraction of sp³-hybridized carbons (Fsp3) is 0.130. The molecule has 0 fully saturated rings. The second kappa shape index (κ2) is 10.0. The van der Waals surface area contributed by atoms with Crippen LogP contribution in [0.15, 0.2) is 72.8 Å². The molecule has 3 aromatic carbocycles. The topological polar surface area (TPSA) is 113 Å². The first-order valence-electron chi connectivity index (χ1n) is 9.78. The summed E-state index contributed by atoms with van der Waals surface area (Å²) in [6.07, 6.45) is 2.02. The molecule has 0 saturated heterocycles. The van der Waals surface area contributed by atoms with Gasteiger partial charge in [0.05, 0.1) is 16.2 Å². The van der Waals surface area contributed by atoms with Gasteiger partial charge in [0.1, 0.15) is 0 Å². The number of nitro benzene ring substituents is 1. The molecule has 0 aliphatic carbocycles. The van der Waals surface area contributed by atoms with Crippen molar-refractivity contribution in [1.82, 2.24) is 0 Å². The Kier molecular flexibility index (Phi) is 6.95. The van der Waals surface area contributed by atoms with E-state index >= 15 is 0 Å². The molecule has 8 nitrogen and oxygen atoms in total. The minimum atomic E-state index is -0.621. The van der Waals surface area contributed by atoms with Gasteiger partial charge in [0.25, 0.3) is 11.6 Å². The van der Waals surface area contributed by atoms with E-state index in [9.17, 15) is 19.7 Å². The zero-order valence-corrected chi connectivity index (χ0v) is 16.9. The number of rotatable bonds is 7. The Morgan fingerprint density at radius 1 is 0.871 bits per heavy atom. The van der Waals surface area contributed by atoms with Gasteiger partial charge in [-0.1, -0.05) is 43.7 Å². The molecule has 0 aliphatic rings. The summed E-state index contributed by atoms with van der Waals surface area (Å²) in [4.78, 5) is 35.5. The lowest BCUT2D eigenvalue weighted by Crippen LogP contribution is -2.22. The van der Waals surface area contributed by atoms with Crippen LogP contribution in [-0.4, -0.2) is 16.9 Å². The molecule has 3 amide bonds. The second-order valence-electron chi connectivity index (χ2n) is 6.83. The van der Waals surface area contributed by atoms with Crippen LogP contribution >= 0.6 is 0 Å². The number of carbonyl (C=O) groups is 2. The molecule has 0 unspecified atom stereocenters. The number of hydrogen-bond donors (Lipinski definition) is 3. The molecular weight excluding hydrogens is 396 g/mol. The van der Waals surface area contributed by atoms with Crippen LogP contribution in [0.2, 0.25) is 0 Å². The maximum Gasteiger partial charge on any atom is 0.323 e. The van der Waals surface area contributed by atoms with Gasteiger partial charge in [0.15, 0.2) is 0 Å². The van der Waals surface area contributed by atoms with Crippen molar-refractivity contribution in [1.29, 1.82) is 0 Å². The molecular formula is C23H22N4O4. The second-order valence-corrected chi connectivity index (χ2v) is 6.83. The Balaban J connectivity index is 1.69. The lowest BCUT2D eigenvalue weighted by atomic mass is 10.1. The van der Waals surface area contributed by atoms with Gasteiger partial charge >= 0.3 is 6.03 Å². The summed E-state index contributed by atoms with van der Waals surface area (Å²) in [5.41, 5.74) is 2.57. The molecule has 0 bridgehead atoms. The SMILES string of the molecule is CCCc1ccc(NC(=O)c2ccccc2NC(=O)Nc2cccc([N+](=O)[O-])c2)cc1. The minimum absolute atomic E-state index is 0.137. The lowest BCUT2D eigenvalue weighted by Gasteiger charge is -2.12. The first-order chi connectivity index (χ1) is 15.0. The summed E-state index contributed by atoms with van der Waals surface area (Å²) in [7, 11) is 0. The van der Waals surface area contributed by atoms with Crippen molar-refractivity contribution in [2.75, 3.05) is 16.0 Å². The molecule has 0 aliphatic heterocycles. The van der Waals surface area contributed by atoms with Crippen LogP contribution in [0.25, 0.3) is 0 Å². The van der Waals surface area contributed by atoms with Gasteiger partial charge in [-0.3, -0.25) is 14.9 Å². The van der Waals surface area contributed by atoms with Gasteiger partial charge < -0.3 is 16.0 Å². The molecule has 158 valence electrons. The first kappa shape index (κ1) is 21.5. The van der Waals surface area contributed by atoms with Crippen molar-refractivity contribution >= 4 is 34.7 Å². The van der Waals surface area contributed by atoms with Gasteiger partial charge in [-0.2, -0.15) is 0 Å². The van der Waals surface area contributed by atoms with Gasteiger partial charge in [-0.15, -0.1) is 0 Å². The largest absolute Gasteiger partial charge is 0.323 e. The predicted molar refractivity (Wildman–Crippen MR) is 121 cm³/mol. The predicted octanol–water partition coefficient (Wildman–Crippen LogP) is 5.44. The van der Waals surface area contributed by atoms with Crippen LogP contribution in [0.1, 0.15) is 29.3 Å². The summed E-state index contributed by atoms with van der Waals surface area (Å²) >= 11 is 0. The highest BCUT2D eigenvalue weighted by atomic mass is 16.6. The minimum Gasteiger partial charge on any atom is -0.322 e. The molecule has 0 spiro atoms. The number of para-hydroxylation sites is 1. The molecule has 0 aromatic heterocycles. The van der Waals surface area contributed by atoms with E-state index in [1.54, 1.807) is 24.3 Å². The van der Waals surface area contributed by atoms with Crippen LogP contribution in [-0.2, 0) is 6.42 Å². The van der Waals surface area contributed by atoms with E-state index in [4.69, 9.17) is 0 Å². The molecule has 3 rings (SSSR count). The van der Waals surface area contributed by atoms with E-state index in [1.165, 1.54) is 29.8 Å². The molecule has 3 N–H and O–H groups in total. The smallest absolute Gasteiger partial charge is 0.322 e. The van der Waals surface area contributed by atoms with Crippen LogP contribution in [0.3, 0.4) is 0 Å². The van der Waals surface area contributed by atoms with Crippen molar-refractivity contribution in [3.05, 3.63) is 94.0 Å². The molecule has 0 saturated carbocycles. The Morgan fingerprint density at radius 2 is 1.61 bits per heavy atom. The van der Waals surface area contributed by atoms with Crippen molar-refractivity contribution in [2.45, 2.75) is 19.8 Å². The average molecular weight is 418 g/mol. The molecule has 8 heteroatoms. The molecule has 0 heterocycles. The number of nitrogens with zero attached hydrogens (tertiary/aromatic N) is 1. The maximum atomic E-state index is 12.7. The number of hydrogen-bond acceptors (Lipinski definition) is 4. The third kappa shape index (κ3) is 5.89. The Bertz CT molecular complexity index is 1100. The fourth-order valence-electron chi connectivity index (χ4n) is 3.01. The first-order valence-corrected chi connectivity index (χ1v) is 9.78. The Morgan fingerprint density at radius 3 is 2.32 bits per heavy atom. The number of nitrogens with one attached hydrogen (secondary N) is 3. The van der Waals surface area contributed by atoms with E-state index in [2.05, 4.69) is 22.9 Å². The number of anilines is 3. The number of carbonyl (C=O) groups excluding carboxylic acids is 2. The van der Waals surface area contributed by atoms with E-state index in [1.807, 2.05) is 24.3 Å². The highest BCUT2D eigenvalue weighted by molar-refractivity contribution is 6.11. The average Bonchev–Trinajstić information content (AvgIpc) is 2.75. The van der Waals surface area contributed by atoms with Crippen molar-refractivity contribution in [2.24, 2.45) is 0 Å². The zero-order chi connectivity index (χ0) is 22.2. The Labute approximate surface area is 179 Å². The number of amides is 3. The van der Waals surface area contributed by atoms with Gasteiger partial charge in [0, 0.05) is 23.5 Å². The van der Waals surface area contributed by atoms with Crippen LogP contribution < -0.4 is 16.0 Å². The van der Waals surface area contributed by atoms with E-state index in [0.29, 0.717) is 11.4 Å². The highest BCUT2D eigenvalue weighted by Crippen LogP contribution is 2.20. The standard InChI is InChI=1S/C23H22N4O4/c1-2-6-16-11-13-17(14-12-16)24-22(28)20-9-3-4-10-21(20)26-23(29)25-18-7-5-8-19(15-18)27(30)31/h3-5,7-15H,2,6H2,1H3,(H,24,28)(H2,25,26,29). The van der Waals surface area contributed by atoms with Gasteiger partial charge in [-0.25, -0.2) is 4.79 Å². The van der Waals surface area contributed by atoms with Crippen LogP contribution in [0.4, 0.5) is 27.5 Å². The van der Waals surface area contributed by atoms with Gasteiger partial charge in [-0.05, 0) is 42.3 Å². The summed E-state index contributed by atoms with van der Waals surface area (Å²) in [5, 5.41) is 18.9. The number of benzene rings is 3. The van der Waals surface area contributed by atoms with Gasteiger partial charge in [0.2, 0.25) is 0 Å². The van der Waals surface area contributed by atoms with E-state index in [0.717, 1.165) is 12.8 Å². The third-order valence-corrected chi connectivity index (χ3v) is 4.49. The number of non-ortho nitro benzene ring substituents is 1. The highest BCUT2D eigenvalue weighted by Gasteiger charge is 2.14. The molecule has 31 heavy (non-hydrogen) atoms. The van der Waals surface area contributed by atoms with E-state index < -0.39 is 11.0 Å². The van der Waals surface area contributed by atoms with Crippen LogP contribution in [0, 0.1) is 10.1 Å². The summed E-state index contributed by atoms with van der Waals surface area (Å²) in [6.45, 7) is 2.11. The van der Waals surface area contributed by atoms with E-state index in [-0.39, 0.29) is 22.8 Å². The summed E-state index contributed by atoms with van der Waals surface area (Å²) in [6, 6.07) is 19.2. The number of nitro groups is 1.